The molecule has 0 aromatic carbocycles. The second-order valence-corrected chi connectivity index (χ2v) is 4.83. The van der Waals surface area contributed by atoms with Crippen LogP contribution in [0.1, 0.15) is 49.6 Å². The topological polar surface area (TPSA) is 29.9 Å². The summed E-state index contributed by atoms with van der Waals surface area (Å²) in [6.07, 6.45) is 5.48. The van der Waals surface area contributed by atoms with E-state index in [-0.39, 0.29) is 12.4 Å². The van der Waals surface area contributed by atoms with E-state index in [2.05, 4.69) is 35.9 Å². The van der Waals surface area contributed by atoms with Gasteiger partial charge in [-0.25, -0.2) is 0 Å². The number of hydrogen-bond acceptors (Lipinski definition) is 2. The highest BCUT2D eigenvalue weighted by Gasteiger charge is 2.16. The Morgan fingerprint density at radius 3 is 2.47 bits per heavy atom. The van der Waals surface area contributed by atoms with Crippen molar-refractivity contribution in [2.75, 3.05) is 0 Å². The van der Waals surface area contributed by atoms with Crippen molar-refractivity contribution in [3.8, 4) is 0 Å². The first-order valence-corrected chi connectivity index (χ1v) is 6.48. The van der Waals surface area contributed by atoms with Gasteiger partial charge in [0.25, 0.3) is 0 Å². The molecular formula is C13H24ClN3. The van der Waals surface area contributed by atoms with Crippen molar-refractivity contribution in [2.45, 2.75) is 65.6 Å². The molecule has 1 heterocycles. The number of nitrogens with zero attached hydrogens (tertiary/aromatic N) is 2. The first-order chi connectivity index (χ1) is 7.72. The molecule has 17 heavy (non-hydrogen) atoms. The summed E-state index contributed by atoms with van der Waals surface area (Å²) in [6, 6.07) is 0.740. The van der Waals surface area contributed by atoms with Crippen molar-refractivity contribution in [3.63, 3.8) is 0 Å². The van der Waals surface area contributed by atoms with E-state index in [9.17, 15) is 0 Å². The maximum absolute atomic E-state index is 4.55. The molecule has 3 nitrogen and oxygen atoms in total. The molecule has 0 unspecified atom stereocenters. The van der Waals surface area contributed by atoms with Gasteiger partial charge < -0.3 is 5.32 Å². The second kappa shape index (κ2) is 6.41. The number of aryl methyl sites for hydroxylation is 2. The fourth-order valence-corrected chi connectivity index (χ4v) is 2.67. The molecule has 0 aliphatic heterocycles. The van der Waals surface area contributed by atoms with Gasteiger partial charge in [0, 0.05) is 30.4 Å². The number of nitrogens with one attached hydrogen (secondary N) is 1. The third kappa shape index (κ3) is 3.23. The van der Waals surface area contributed by atoms with E-state index >= 15 is 0 Å². The largest absolute Gasteiger partial charge is 0.310 e. The summed E-state index contributed by atoms with van der Waals surface area (Å²) in [5.41, 5.74) is 3.91. The lowest BCUT2D eigenvalue weighted by Gasteiger charge is -2.11. The molecule has 0 amide bonds. The lowest BCUT2D eigenvalue weighted by atomic mass is 10.1. The van der Waals surface area contributed by atoms with Crippen LogP contribution in [0.3, 0.4) is 0 Å². The summed E-state index contributed by atoms with van der Waals surface area (Å²) in [5.74, 6) is 0. The number of hydrogen-bond donors (Lipinski definition) is 1. The van der Waals surface area contributed by atoms with Gasteiger partial charge >= 0.3 is 0 Å². The highest BCUT2D eigenvalue weighted by molar-refractivity contribution is 5.85. The zero-order chi connectivity index (χ0) is 11.5. The van der Waals surface area contributed by atoms with Crippen LogP contribution in [0, 0.1) is 13.8 Å². The van der Waals surface area contributed by atoms with Gasteiger partial charge in [0.15, 0.2) is 0 Å². The van der Waals surface area contributed by atoms with Crippen LogP contribution in [0.5, 0.6) is 0 Å². The summed E-state index contributed by atoms with van der Waals surface area (Å²) < 4.78 is 2.10. The minimum absolute atomic E-state index is 0. The lowest BCUT2D eigenvalue weighted by Crippen LogP contribution is -2.25. The zero-order valence-electron chi connectivity index (χ0n) is 11.1. The molecule has 1 aliphatic rings. The van der Waals surface area contributed by atoms with E-state index in [0.717, 1.165) is 19.1 Å². The molecule has 1 saturated carbocycles. The van der Waals surface area contributed by atoms with Crippen LogP contribution in [0.4, 0.5) is 0 Å². The van der Waals surface area contributed by atoms with Gasteiger partial charge in [-0.15, -0.1) is 12.4 Å². The van der Waals surface area contributed by atoms with Gasteiger partial charge in [0.05, 0.1) is 5.69 Å². The van der Waals surface area contributed by atoms with E-state index in [1.165, 1.54) is 42.6 Å². The molecule has 0 saturated heterocycles. The summed E-state index contributed by atoms with van der Waals surface area (Å²) in [4.78, 5) is 0. The Bertz CT molecular complexity index is 354. The molecule has 1 aromatic heterocycles. The molecule has 4 heteroatoms. The minimum atomic E-state index is 0. The van der Waals surface area contributed by atoms with Crippen LogP contribution in [-0.4, -0.2) is 15.8 Å². The van der Waals surface area contributed by atoms with E-state index in [1.54, 1.807) is 0 Å². The third-order valence-corrected chi connectivity index (χ3v) is 3.75. The number of rotatable bonds is 4. The monoisotopic (exact) mass is 257 g/mol. The fraction of sp³-hybridized carbons (Fsp3) is 0.769. The van der Waals surface area contributed by atoms with Crippen LogP contribution in [-0.2, 0) is 13.1 Å². The number of aromatic nitrogens is 2. The standard InChI is InChI=1S/C13H23N3.ClH/c1-4-16-11(3)13(10(2)15-16)9-14-12-7-5-6-8-12;/h12,14H,4-9H2,1-3H3;1H. The minimum Gasteiger partial charge on any atom is -0.310 e. The Labute approximate surface area is 110 Å². The maximum atomic E-state index is 4.55. The van der Waals surface area contributed by atoms with Crippen molar-refractivity contribution in [2.24, 2.45) is 0 Å². The van der Waals surface area contributed by atoms with Crippen LogP contribution < -0.4 is 5.32 Å². The second-order valence-electron chi connectivity index (χ2n) is 4.83. The van der Waals surface area contributed by atoms with Crippen LogP contribution in [0.25, 0.3) is 0 Å². The predicted octanol–water partition coefficient (Wildman–Crippen LogP) is 2.97. The average Bonchev–Trinajstić information content (AvgIpc) is 2.86. The van der Waals surface area contributed by atoms with Gasteiger partial charge in [0.1, 0.15) is 0 Å². The zero-order valence-corrected chi connectivity index (χ0v) is 11.9. The Kier molecular flexibility index (Phi) is 5.47. The van der Waals surface area contributed by atoms with Gasteiger partial charge in [-0.1, -0.05) is 12.8 Å². The SMILES string of the molecule is CCn1nc(C)c(CNC2CCCC2)c1C.Cl. The van der Waals surface area contributed by atoms with Crippen molar-refractivity contribution < 1.29 is 0 Å². The summed E-state index contributed by atoms with van der Waals surface area (Å²) in [6.45, 7) is 8.39. The highest BCUT2D eigenvalue weighted by Crippen LogP contribution is 2.19. The molecule has 1 aromatic rings. The molecule has 98 valence electrons. The third-order valence-electron chi connectivity index (χ3n) is 3.75. The number of halogens is 1. The van der Waals surface area contributed by atoms with E-state index < -0.39 is 0 Å². The first kappa shape index (κ1) is 14.5. The lowest BCUT2D eigenvalue weighted by molar-refractivity contribution is 0.522. The summed E-state index contributed by atoms with van der Waals surface area (Å²) in [7, 11) is 0. The smallest absolute Gasteiger partial charge is 0.0641 e. The molecule has 1 aliphatic carbocycles. The Balaban J connectivity index is 0.00000144. The Morgan fingerprint density at radius 1 is 1.29 bits per heavy atom. The van der Waals surface area contributed by atoms with Crippen LogP contribution in [0.15, 0.2) is 0 Å². The fourth-order valence-electron chi connectivity index (χ4n) is 2.67. The Morgan fingerprint density at radius 2 is 1.94 bits per heavy atom. The van der Waals surface area contributed by atoms with Gasteiger partial charge in [-0.05, 0) is 33.6 Å². The van der Waals surface area contributed by atoms with E-state index in [4.69, 9.17) is 0 Å². The molecule has 2 rings (SSSR count). The summed E-state index contributed by atoms with van der Waals surface area (Å²) in [5, 5.41) is 8.21. The quantitative estimate of drug-likeness (QED) is 0.899. The molecule has 1 fully saturated rings. The molecule has 0 spiro atoms. The average molecular weight is 258 g/mol. The maximum Gasteiger partial charge on any atom is 0.0641 e. The van der Waals surface area contributed by atoms with Crippen LogP contribution in [0.2, 0.25) is 0 Å². The molecular weight excluding hydrogens is 234 g/mol. The molecule has 0 bridgehead atoms. The van der Waals surface area contributed by atoms with Gasteiger partial charge in [-0.3, -0.25) is 4.68 Å². The van der Waals surface area contributed by atoms with E-state index in [1.807, 2.05) is 0 Å². The van der Waals surface area contributed by atoms with Gasteiger partial charge in [-0.2, -0.15) is 5.10 Å². The highest BCUT2D eigenvalue weighted by atomic mass is 35.5. The van der Waals surface area contributed by atoms with Crippen molar-refractivity contribution >= 4 is 12.4 Å². The molecule has 1 N–H and O–H groups in total. The van der Waals surface area contributed by atoms with Crippen molar-refractivity contribution in [3.05, 3.63) is 17.0 Å². The van der Waals surface area contributed by atoms with Gasteiger partial charge in [0.2, 0.25) is 0 Å². The summed E-state index contributed by atoms with van der Waals surface area (Å²) >= 11 is 0. The van der Waals surface area contributed by atoms with Crippen molar-refractivity contribution in [1.82, 2.24) is 15.1 Å². The molecule has 0 radical (unpaired) electrons. The van der Waals surface area contributed by atoms with E-state index in [0.29, 0.717) is 0 Å². The van der Waals surface area contributed by atoms with Crippen LogP contribution >= 0.6 is 12.4 Å². The first-order valence-electron chi connectivity index (χ1n) is 6.48. The molecule has 0 atom stereocenters. The Hall–Kier alpha value is -0.540. The normalized spacial score (nSPS) is 16.2. The predicted molar refractivity (Wildman–Crippen MR) is 73.7 cm³/mol. The van der Waals surface area contributed by atoms with Crippen molar-refractivity contribution in [1.29, 1.82) is 0 Å².